The average molecular weight is 321 g/mol. The summed E-state index contributed by atoms with van der Waals surface area (Å²) in [6.07, 6.45) is 0.504. The van der Waals surface area contributed by atoms with Crippen LogP contribution in [0.25, 0.3) is 0 Å². The molecular weight excluding hydrogens is 294 g/mol. The number of amides is 1. The molecule has 1 unspecified atom stereocenters. The average Bonchev–Trinajstić information content (AvgIpc) is 2.46. The first-order valence-electron chi connectivity index (χ1n) is 8.03. The number of hydrogen-bond donors (Lipinski definition) is 0. The molecule has 1 fully saturated rings. The maximum Gasteiger partial charge on any atom is 0.410 e. The summed E-state index contributed by atoms with van der Waals surface area (Å²) in [5.74, 6) is 0. The second kappa shape index (κ2) is 7.79. The molecule has 1 aliphatic heterocycles. The molecule has 0 spiro atoms. The van der Waals surface area contributed by atoms with Crippen LogP contribution in [0, 0.1) is 0 Å². The van der Waals surface area contributed by atoms with E-state index in [0.717, 1.165) is 12.0 Å². The number of benzene rings is 1. The van der Waals surface area contributed by atoms with Gasteiger partial charge in [0.1, 0.15) is 5.60 Å². The Morgan fingerprint density at radius 3 is 2.78 bits per heavy atom. The third-order valence-corrected chi connectivity index (χ3v) is 3.56. The Kier molecular flexibility index (Phi) is 6.02. The largest absolute Gasteiger partial charge is 0.444 e. The smallest absolute Gasteiger partial charge is 0.410 e. The van der Waals surface area contributed by atoms with Gasteiger partial charge < -0.3 is 19.1 Å². The maximum absolute atomic E-state index is 12.2. The molecule has 0 N–H and O–H groups in total. The van der Waals surface area contributed by atoms with Gasteiger partial charge in [-0.3, -0.25) is 0 Å². The molecule has 5 nitrogen and oxygen atoms in total. The molecule has 0 bridgehead atoms. The Morgan fingerprint density at radius 2 is 2.09 bits per heavy atom. The second-order valence-corrected chi connectivity index (χ2v) is 6.88. The van der Waals surface area contributed by atoms with E-state index in [4.69, 9.17) is 14.2 Å². The van der Waals surface area contributed by atoms with Crippen LogP contribution >= 0.6 is 0 Å². The lowest BCUT2D eigenvalue weighted by Crippen LogP contribution is -2.48. The molecule has 1 aliphatic rings. The zero-order valence-electron chi connectivity index (χ0n) is 14.5. The molecule has 1 saturated heterocycles. The first-order chi connectivity index (χ1) is 10.9. The molecule has 0 aromatic heterocycles. The van der Waals surface area contributed by atoms with Crippen molar-refractivity contribution in [3.05, 3.63) is 35.4 Å². The summed E-state index contributed by atoms with van der Waals surface area (Å²) in [7, 11) is 1.69. The van der Waals surface area contributed by atoms with Crippen molar-refractivity contribution in [3.63, 3.8) is 0 Å². The molecule has 1 heterocycles. The van der Waals surface area contributed by atoms with Gasteiger partial charge in [-0.05, 0) is 31.9 Å². The van der Waals surface area contributed by atoms with Gasteiger partial charge in [0.15, 0.2) is 0 Å². The zero-order chi connectivity index (χ0) is 16.9. The van der Waals surface area contributed by atoms with Gasteiger partial charge in [0, 0.05) is 20.1 Å². The van der Waals surface area contributed by atoms with Crippen LogP contribution in [-0.2, 0) is 27.2 Å². The predicted molar refractivity (Wildman–Crippen MR) is 88.4 cm³/mol. The highest BCUT2D eigenvalue weighted by Gasteiger charge is 2.28. The normalized spacial score (nSPS) is 18.8. The highest BCUT2D eigenvalue weighted by atomic mass is 16.6. The molecule has 0 saturated carbocycles. The topological polar surface area (TPSA) is 48.0 Å². The van der Waals surface area contributed by atoms with Crippen LogP contribution < -0.4 is 0 Å². The van der Waals surface area contributed by atoms with Crippen molar-refractivity contribution >= 4 is 6.09 Å². The Bertz CT molecular complexity index is 524. The van der Waals surface area contributed by atoms with Crippen LogP contribution in [0.4, 0.5) is 4.79 Å². The van der Waals surface area contributed by atoms with Gasteiger partial charge in [0.05, 0.1) is 25.9 Å². The summed E-state index contributed by atoms with van der Waals surface area (Å²) in [6, 6.07) is 8.27. The summed E-state index contributed by atoms with van der Waals surface area (Å²) in [6.45, 7) is 7.92. The third kappa shape index (κ3) is 5.84. The minimum Gasteiger partial charge on any atom is -0.444 e. The fourth-order valence-electron chi connectivity index (χ4n) is 2.61. The number of methoxy groups -OCH3 is 1. The van der Waals surface area contributed by atoms with E-state index >= 15 is 0 Å². The van der Waals surface area contributed by atoms with Crippen LogP contribution in [0.5, 0.6) is 0 Å². The van der Waals surface area contributed by atoms with E-state index in [9.17, 15) is 4.79 Å². The zero-order valence-corrected chi connectivity index (χ0v) is 14.5. The van der Waals surface area contributed by atoms with Gasteiger partial charge in [-0.2, -0.15) is 0 Å². The summed E-state index contributed by atoms with van der Waals surface area (Å²) >= 11 is 0. The molecule has 0 radical (unpaired) electrons. The van der Waals surface area contributed by atoms with Gasteiger partial charge in [0.2, 0.25) is 0 Å². The Labute approximate surface area is 138 Å². The molecule has 128 valence electrons. The lowest BCUT2D eigenvalue weighted by atomic mass is 10.0. The summed E-state index contributed by atoms with van der Waals surface area (Å²) in [4.78, 5) is 13.9. The second-order valence-electron chi connectivity index (χ2n) is 6.88. The highest BCUT2D eigenvalue weighted by Crippen LogP contribution is 2.16. The lowest BCUT2D eigenvalue weighted by Gasteiger charge is -2.34. The van der Waals surface area contributed by atoms with E-state index in [-0.39, 0.29) is 12.2 Å². The number of rotatable bonds is 4. The summed E-state index contributed by atoms with van der Waals surface area (Å²) in [5.41, 5.74) is 1.86. The molecule has 2 rings (SSSR count). The third-order valence-electron chi connectivity index (χ3n) is 3.56. The number of carbonyl (C=O) groups excluding carboxylic acids is 1. The van der Waals surface area contributed by atoms with Crippen LogP contribution in [0.2, 0.25) is 0 Å². The van der Waals surface area contributed by atoms with Crippen LogP contribution in [0.3, 0.4) is 0 Å². The monoisotopic (exact) mass is 321 g/mol. The van der Waals surface area contributed by atoms with E-state index in [1.807, 2.05) is 32.9 Å². The van der Waals surface area contributed by atoms with Crippen LogP contribution in [0.15, 0.2) is 24.3 Å². The Balaban J connectivity index is 1.93. The SMILES string of the molecule is COCc1cccc(CC2CN(C(=O)OC(C)(C)C)CCO2)c1. The van der Waals surface area contributed by atoms with Crippen molar-refractivity contribution < 1.29 is 19.0 Å². The molecule has 0 aliphatic carbocycles. The molecule has 1 aromatic carbocycles. The molecule has 23 heavy (non-hydrogen) atoms. The minimum absolute atomic E-state index is 0.00550. The molecule has 5 heteroatoms. The first-order valence-corrected chi connectivity index (χ1v) is 8.03. The lowest BCUT2D eigenvalue weighted by molar-refractivity contribution is -0.0415. The predicted octanol–water partition coefficient (Wildman–Crippen LogP) is 3.01. The highest BCUT2D eigenvalue weighted by molar-refractivity contribution is 5.68. The van der Waals surface area contributed by atoms with Crippen LogP contribution in [0.1, 0.15) is 31.9 Å². The number of hydrogen-bond acceptors (Lipinski definition) is 4. The fraction of sp³-hybridized carbons (Fsp3) is 0.611. The van der Waals surface area contributed by atoms with Crippen molar-refractivity contribution in [2.75, 3.05) is 26.8 Å². The van der Waals surface area contributed by atoms with Gasteiger partial charge in [0.25, 0.3) is 0 Å². The molecular formula is C18H27NO4. The standard InChI is InChI=1S/C18H27NO4/c1-18(2,3)23-17(20)19-8-9-22-16(12-19)11-14-6-5-7-15(10-14)13-21-4/h5-7,10,16H,8-9,11-13H2,1-4H3. The van der Waals surface area contributed by atoms with E-state index in [1.165, 1.54) is 5.56 Å². The number of ether oxygens (including phenoxy) is 3. The van der Waals surface area contributed by atoms with Crippen molar-refractivity contribution in [2.45, 2.75) is 45.5 Å². The van der Waals surface area contributed by atoms with Crippen molar-refractivity contribution in [3.8, 4) is 0 Å². The van der Waals surface area contributed by atoms with E-state index in [2.05, 4.69) is 12.1 Å². The molecule has 1 atom stereocenters. The Hall–Kier alpha value is -1.59. The van der Waals surface area contributed by atoms with Crippen molar-refractivity contribution in [1.82, 2.24) is 4.90 Å². The Morgan fingerprint density at radius 1 is 1.35 bits per heavy atom. The van der Waals surface area contributed by atoms with Gasteiger partial charge in [-0.1, -0.05) is 24.3 Å². The summed E-state index contributed by atoms with van der Waals surface area (Å²) < 4.78 is 16.4. The first kappa shape index (κ1) is 17.8. The van der Waals surface area contributed by atoms with E-state index in [0.29, 0.717) is 26.3 Å². The summed E-state index contributed by atoms with van der Waals surface area (Å²) in [5, 5.41) is 0. The molecule has 1 amide bonds. The van der Waals surface area contributed by atoms with Gasteiger partial charge >= 0.3 is 6.09 Å². The van der Waals surface area contributed by atoms with Gasteiger partial charge in [-0.15, -0.1) is 0 Å². The minimum atomic E-state index is -0.473. The number of carbonyl (C=O) groups is 1. The van der Waals surface area contributed by atoms with Gasteiger partial charge in [-0.25, -0.2) is 4.79 Å². The van der Waals surface area contributed by atoms with Crippen molar-refractivity contribution in [1.29, 1.82) is 0 Å². The quantitative estimate of drug-likeness (QED) is 0.855. The fourth-order valence-corrected chi connectivity index (χ4v) is 2.61. The number of nitrogens with zero attached hydrogens (tertiary/aromatic N) is 1. The van der Waals surface area contributed by atoms with Crippen molar-refractivity contribution in [2.24, 2.45) is 0 Å². The van der Waals surface area contributed by atoms with E-state index in [1.54, 1.807) is 12.0 Å². The van der Waals surface area contributed by atoms with Crippen LogP contribution in [-0.4, -0.2) is 49.5 Å². The molecule has 1 aromatic rings. The van der Waals surface area contributed by atoms with E-state index < -0.39 is 5.60 Å². The number of morpholine rings is 1. The maximum atomic E-state index is 12.2.